The number of rotatable bonds is 0. The molecule has 2 aromatic carbocycles. The van der Waals surface area contributed by atoms with E-state index >= 15 is 0 Å². The summed E-state index contributed by atoms with van der Waals surface area (Å²) >= 11 is 2.14. The van der Waals surface area contributed by atoms with Crippen LogP contribution in [-0.2, 0) is 0 Å². The van der Waals surface area contributed by atoms with Crippen molar-refractivity contribution in [3.63, 3.8) is 0 Å². The van der Waals surface area contributed by atoms with Gasteiger partial charge in [-0.1, -0.05) is 0 Å². The molecule has 2 aromatic rings. The zero-order valence-corrected chi connectivity index (χ0v) is 9.64. The van der Waals surface area contributed by atoms with E-state index in [4.69, 9.17) is 0 Å². The van der Waals surface area contributed by atoms with Crippen LogP contribution in [0, 0.1) is 0 Å². The molecule has 0 aliphatic heterocycles. The van der Waals surface area contributed by atoms with E-state index in [0.717, 1.165) is 0 Å². The van der Waals surface area contributed by atoms with Crippen LogP contribution < -0.4 is 4.40 Å². The molecule has 0 spiro atoms. The number of fused-ring (bicyclic) bond motifs is 1. The van der Waals surface area contributed by atoms with Crippen molar-refractivity contribution >= 4 is 31.7 Å². The molecule has 0 aliphatic rings. The van der Waals surface area contributed by atoms with E-state index in [2.05, 4.69) is 59.0 Å². The number of benzene rings is 2. The molecule has 0 aliphatic carbocycles. The van der Waals surface area contributed by atoms with Crippen LogP contribution >= 0.6 is 0 Å². The first-order valence-electron chi connectivity index (χ1n) is 3.57. The van der Waals surface area contributed by atoms with Crippen molar-refractivity contribution in [1.29, 1.82) is 0 Å². The molecule has 3 radical (unpaired) electrons. The van der Waals surface area contributed by atoms with Gasteiger partial charge in [0.05, 0.1) is 0 Å². The summed E-state index contributed by atoms with van der Waals surface area (Å²) in [6.45, 7) is 0. The zero-order chi connectivity index (χ0) is 7.68. The van der Waals surface area contributed by atoms with Crippen molar-refractivity contribution in [2.24, 2.45) is 0 Å². The van der Waals surface area contributed by atoms with E-state index in [9.17, 15) is 0 Å². The van der Waals surface area contributed by atoms with Crippen molar-refractivity contribution in [3.05, 3.63) is 42.5 Å². The van der Waals surface area contributed by atoms with Gasteiger partial charge in [-0.2, -0.15) is 0 Å². The quantitative estimate of drug-likeness (QED) is 0.548. The predicted molar refractivity (Wildman–Crippen MR) is 60.2 cm³/mol. The first-order chi connectivity index (χ1) is 5.38. The first kappa shape index (κ1) is 15.6. The Balaban J connectivity index is 0. The Bertz CT molecular complexity index is 385. The maximum absolute atomic E-state index is 2.16. The second-order valence-electron chi connectivity index (χ2n) is 2.53. The molecule has 0 amide bonds. The molecule has 0 bridgehead atoms. The molecule has 0 heterocycles. The van der Waals surface area contributed by atoms with Gasteiger partial charge in [0.25, 0.3) is 0 Å². The van der Waals surface area contributed by atoms with Crippen molar-refractivity contribution in [2.45, 2.75) is 0 Å². The van der Waals surface area contributed by atoms with Crippen LogP contribution in [0.2, 0.25) is 0 Å². The van der Waals surface area contributed by atoms with E-state index in [1.165, 1.54) is 15.2 Å². The Labute approximate surface area is 90.9 Å². The maximum atomic E-state index is 2.16. The van der Waals surface area contributed by atoms with Gasteiger partial charge < -0.3 is 16.4 Å². The third-order valence-corrected chi connectivity index (χ3v) is 2.70. The summed E-state index contributed by atoms with van der Waals surface area (Å²) in [5.74, 6) is 0. The van der Waals surface area contributed by atoms with Gasteiger partial charge in [0.2, 0.25) is 0 Å². The summed E-state index contributed by atoms with van der Waals surface area (Å²) < 4.78 is 1.35. The van der Waals surface area contributed by atoms with Gasteiger partial charge >= 0.3 is 74.1 Å². The molecule has 0 saturated heterocycles. The fourth-order valence-corrected chi connectivity index (χ4v) is 1.90. The Morgan fingerprint density at radius 1 is 0.714 bits per heavy atom. The second-order valence-corrected chi connectivity index (χ2v) is 3.66. The van der Waals surface area contributed by atoms with Gasteiger partial charge in [-0.05, 0) is 0 Å². The minimum atomic E-state index is 0. The van der Waals surface area contributed by atoms with Crippen LogP contribution in [0.3, 0.4) is 0 Å². The Hall–Kier alpha value is -0.877. The summed E-state index contributed by atoms with van der Waals surface area (Å²) in [6.07, 6.45) is 0. The van der Waals surface area contributed by atoms with Crippen LogP contribution in [0.25, 0.3) is 10.8 Å². The Morgan fingerprint density at radius 3 is 1.93 bits per heavy atom. The third kappa shape index (κ3) is 2.81. The molecule has 14 heavy (non-hydrogen) atoms. The third-order valence-electron chi connectivity index (χ3n) is 1.79. The van der Waals surface area contributed by atoms with Gasteiger partial charge in [0.1, 0.15) is 0 Å². The monoisotopic (exact) mass is 255 g/mol. The first-order valence-corrected chi connectivity index (χ1v) is 4.62. The van der Waals surface area contributed by atoms with Gasteiger partial charge in [0.15, 0.2) is 0 Å². The standard InChI is InChI=1S/C10H7Ge.3H2O/c11-10-7-3-5-8-4-1-2-6-9(8)10;;;/h1-7H;3*1H2. The average molecular weight is 254 g/mol. The summed E-state index contributed by atoms with van der Waals surface area (Å²) in [7, 11) is 0. The molecule has 3 nitrogen and oxygen atoms in total. The number of hydrogen-bond acceptors (Lipinski definition) is 0. The molecule has 0 unspecified atom stereocenters. The van der Waals surface area contributed by atoms with E-state index in [1.807, 2.05) is 0 Å². The summed E-state index contributed by atoms with van der Waals surface area (Å²) in [6, 6.07) is 14.8. The molecular formula is C10H13GeO3. The van der Waals surface area contributed by atoms with E-state index in [0.29, 0.717) is 0 Å². The number of hydrogen-bond donors (Lipinski definition) is 0. The van der Waals surface area contributed by atoms with Crippen LogP contribution in [0.5, 0.6) is 0 Å². The Morgan fingerprint density at radius 2 is 1.29 bits per heavy atom. The molecular weight excluding hydrogens is 241 g/mol. The minimum absolute atomic E-state index is 0. The normalized spacial score (nSPS) is 8.07. The molecule has 0 aromatic heterocycles. The van der Waals surface area contributed by atoms with Crippen LogP contribution in [0.4, 0.5) is 0 Å². The van der Waals surface area contributed by atoms with Crippen molar-refractivity contribution in [1.82, 2.24) is 0 Å². The van der Waals surface area contributed by atoms with Gasteiger partial charge in [-0.15, -0.1) is 0 Å². The molecule has 2 rings (SSSR count). The van der Waals surface area contributed by atoms with Gasteiger partial charge in [-0.25, -0.2) is 0 Å². The average Bonchev–Trinajstić information content (AvgIpc) is 2.06. The zero-order valence-electron chi connectivity index (χ0n) is 7.54. The SMILES string of the molecule is O.O.O.[Ge][c]1cccc2ccccc12. The summed E-state index contributed by atoms with van der Waals surface area (Å²) in [4.78, 5) is 0. The van der Waals surface area contributed by atoms with Crippen molar-refractivity contribution in [2.75, 3.05) is 0 Å². The fourth-order valence-electron chi connectivity index (χ4n) is 1.23. The molecule has 6 N–H and O–H groups in total. The van der Waals surface area contributed by atoms with Crippen molar-refractivity contribution < 1.29 is 16.4 Å². The van der Waals surface area contributed by atoms with Gasteiger partial charge in [0, 0.05) is 0 Å². The van der Waals surface area contributed by atoms with E-state index in [1.54, 1.807) is 0 Å². The van der Waals surface area contributed by atoms with Crippen LogP contribution in [0.1, 0.15) is 0 Å². The van der Waals surface area contributed by atoms with Crippen LogP contribution in [-0.4, -0.2) is 32.9 Å². The molecule has 0 atom stereocenters. The van der Waals surface area contributed by atoms with Gasteiger partial charge in [-0.3, -0.25) is 0 Å². The molecule has 0 saturated carbocycles. The summed E-state index contributed by atoms with van der Waals surface area (Å²) in [5, 5.41) is 2.68. The molecule has 75 valence electrons. The van der Waals surface area contributed by atoms with Crippen LogP contribution in [0.15, 0.2) is 42.5 Å². The van der Waals surface area contributed by atoms with E-state index < -0.39 is 0 Å². The predicted octanol–water partition coefficient (Wildman–Crippen LogP) is -0.841. The van der Waals surface area contributed by atoms with Crippen molar-refractivity contribution in [3.8, 4) is 0 Å². The molecule has 4 heteroatoms. The summed E-state index contributed by atoms with van der Waals surface area (Å²) in [5.41, 5.74) is 0. The topological polar surface area (TPSA) is 94.5 Å². The fraction of sp³-hybridized carbons (Fsp3) is 0. The molecule has 0 fully saturated rings. The Kier molecular flexibility index (Phi) is 7.30. The second kappa shape index (κ2) is 6.56. The van der Waals surface area contributed by atoms with E-state index in [-0.39, 0.29) is 16.4 Å².